The number of rotatable bonds is 3. The Balaban J connectivity index is 0.00000169. The lowest BCUT2D eigenvalue weighted by molar-refractivity contribution is -0.122. The van der Waals surface area contributed by atoms with Gasteiger partial charge in [0, 0.05) is 26.2 Å². The van der Waals surface area contributed by atoms with Gasteiger partial charge in [-0.2, -0.15) is 0 Å². The molecule has 0 saturated carbocycles. The molecule has 6 heteroatoms. The highest BCUT2D eigenvalue weighted by molar-refractivity contribution is 5.98. The minimum absolute atomic E-state index is 0. The van der Waals surface area contributed by atoms with Crippen molar-refractivity contribution in [2.24, 2.45) is 11.7 Å². The molecule has 0 fully saturated rings. The average Bonchev–Trinajstić information content (AvgIpc) is 2.80. The lowest BCUT2D eigenvalue weighted by Crippen LogP contribution is -2.40. The van der Waals surface area contributed by atoms with Crippen molar-refractivity contribution in [2.45, 2.75) is 19.4 Å². The van der Waals surface area contributed by atoms with Crippen molar-refractivity contribution in [3.05, 3.63) is 60.2 Å². The number of carbonyl (C=O) groups is 1. The van der Waals surface area contributed by atoms with Gasteiger partial charge in [0.15, 0.2) is 0 Å². The van der Waals surface area contributed by atoms with Crippen LogP contribution in [0.5, 0.6) is 0 Å². The predicted octanol–water partition coefficient (Wildman–Crippen LogP) is 4.04. The second-order valence-corrected chi connectivity index (χ2v) is 6.48. The molecule has 2 N–H and O–H groups in total. The van der Waals surface area contributed by atoms with Crippen LogP contribution in [0, 0.1) is 5.92 Å². The van der Waals surface area contributed by atoms with Crippen LogP contribution >= 0.6 is 24.8 Å². The molecule has 142 valence electrons. The zero-order valence-electron chi connectivity index (χ0n) is 15.2. The number of amides is 1. The monoisotopic (exact) mass is 395 g/mol. The van der Waals surface area contributed by atoms with E-state index in [0.717, 1.165) is 36.4 Å². The van der Waals surface area contributed by atoms with Gasteiger partial charge in [0.2, 0.25) is 5.91 Å². The summed E-state index contributed by atoms with van der Waals surface area (Å²) in [6, 6.07) is 17.7. The van der Waals surface area contributed by atoms with Crippen LogP contribution < -0.4 is 15.5 Å². The highest BCUT2D eigenvalue weighted by Gasteiger charge is 2.30. The van der Waals surface area contributed by atoms with Gasteiger partial charge in [-0.15, -0.1) is 24.8 Å². The number of benzene rings is 2. The molecule has 2 aromatic carbocycles. The Morgan fingerprint density at radius 2 is 1.54 bits per heavy atom. The lowest BCUT2D eigenvalue weighted by atomic mass is 9.94. The van der Waals surface area contributed by atoms with E-state index in [1.54, 1.807) is 0 Å². The summed E-state index contributed by atoms with van der Waals surface area (Å²) in [5, 5.41) is 0. The Hall–Kier alpha value is -1.75. The summed E-state index contributed by atoms with van der Waals surface area (Å²) in [6.45, 7) is 3.60. The van der Waals surface area contributed by atoms with Crippen molar-refractivity contribution in [1.82, 2.24) is 0 Å². The van der Waals surface area contributed by atoms with E-state index >= 15 is 0 Å². The van der Waals surface area contributed by atoms with Crippen molar-refractivity contribution >= 4 is 42.1 Å². The molecule has 2 atom stereocenters. The summed E-state index contributed by atoms with van der Waals surface area (Å²) in [5.41, 5.74) is 9.46. The lowest BCUT2D eigenvalue weighted by Gasteiger charge is -2.29. The van der Waals surface area contributed by atoms with Gasteiger partial charge >= 0.3 is 0 Å². The third kappa shape index (κ3) is 4.50. The van der Waals surface area contributed by atoms with Crippen molar-refractivity contribution in [2.75, 3.05) is 29.9 Å². The molecule has 0 aliphatic carbocycles. The summed E-state index contributed by atoms with van der Waals surface area (Å²) in [5.74, 6) is -0.182. The molecular weight excluding hydrogens is 369 g/mol. The van der Waals surface area contributed by atoms with Crippen molar-refractivity contribution in [1.29, 1.82) is 0 Å². The van der Waals surface area contributed by atoms with Crippen LogP contribution in [0.2, 0.25) is 0 Å². The quantitative estimate of drug-likeness (QED) is 0.852. The van der Waals surface area contributed by atoms with Gasteiger partial charge in [-0.3, -0.25) is 4.79 Å². The molecule has 1 heterocycles. The molecule has 1 aliphatic heterocycles. The van der Waals surface area contributed by atoms with Gasteiger partial charge in [-0.25, -0.2) is 0 Å². The van der Waals surface area contributed by atoms with E-state index in [1.165, 1.54) is 0 Å². The number of nitrogens with two attached hydrogens (primary N) is 1. The number of fused-ring (bicyclic) bond motifs is 1. The Morgan fingerprint density at radius 3 is 2.19 bits per heavy atom. The minimum Gasteiger partial charge on any atom is -0.373 e. The van der Waals surface area contributed by atoms with Gasteiger partial charge in [-0.05, 0) is 24.1 Å². The fourth-order valence-corrected chi connectivity index (χ4v) is 3.31. The van der Waals surface area contributed by atoms with E-state index in [2.05, 4.69) is 18.0 Å². The second kappa shape index (κ2) is 9.81. The van der Waals surface area contributed by atoms with Crippen LogP contribution in [0.4, 0.5) is 11.4 Å². The first-order chi connectivity index (χ1) is 11.6. The van der Waals surface area contributed by atoms with Crippen LogP contribution in [0.25, 0.3) is 0 Å². The van der Waals surface area contributed by atoms with E-state index in [4.69, 9.17) is 5.73 Å². The van der Waals surface area contributed by atoms with E-state index in [9.17, 15) is 4.79 Å². The van der Waals surface area contributed by atoms with Gasteiger partial charge < -0.3 is 15.5 Å². The first-order valence-corrected chi connectivity index (χ1v) is 8.51. The zero-order valence-corrected chi connectivity index (χ0v) is 16.8. The first kappa shape index (κ1) is 22.3. The number of hydrogen-bond acceptors (Lipinski definition) is 3. The average molecular weight is 396 g/mol. The molecule has 2 aromatic rings. The van der Waals surface area contributed by atoms with Gasteiger partial charge in [0.1, 0.15) is 0 Å². The van der Waals surface area contributed by atoms with Crippen LogP contribution in [0.3, 0.4) is 0 Å². The van der Waals surface area contributed by atoms with E-state index < -0.39 is 0 Å². The number of halogens is 2. The Labute approximate surface area is 168 Å². The summed E-state index contributed by atoms with van der Waals surface area (Å²) in [4.78, 5) is 17.3. The molecule has 0 bridgehead atoms. The SMILES string of the molecule is CC(C(=O)N1CCCN(C)c2ccccc21)C(N)c1ccccc1.Cl.Cl. The van der Waals surface area contributed by atoms with Crippen molar-refractivity contribution < 1.29 is 4.79 Å². The Kier molecular flexibility index (Phi) is 8.41. The maximum atomic E-state index is 13.2. The largest absolute Gasteiger partial charge is 0.373 e. The van der Waals surface area contributed by atoms with Gasteiger partial charge in [0.25, 0.3) is 0 Å². The maximum Gasteiger partial charge on any atom is 0.231 e. The van der Waals surface area contributed by atoms with Crippen LogP contribution in [-0.2, 0) is 4.79 Å². The summed E-state index contributed by atoms with van der Waals surface area (Å²) >= 11 is 0. The first-order valence-electron chi connectivity index (χ1n) is 8.51. The third-order valence-corrected chi connectivity index (χ3v) is 4.84. The highest BCUT2D eigenvalue weighted by atomic mass is 35.5. The number of hydrogen-bond donors (Lipinski definition) is 1. The number of para-hydroxylation sites is 2. The van der Waals surface area contributed by atoms with Crippen LogP contribution in [-0.4, -0.2) is 26.0 Å². The minimum atomic E-state index is -0.299. The Bertz CT molecular complexity index is 711. The smallest absolute Gasteiger partial charge is 0.231 e. The summed E-state index contributed by atoms with van der Waals surface area (Å²) < 4.78 is 0. The molecule has 26 heavy (non-hydrogen) atoms. The number of carbonyl (C=O) groups excluding carboxylic acids is 1. The van der Waals surface area contributed by atoms with E-state index in [-0.39, 0.29) is 42.7 Å². The maximum absolute atomic E-state index is 13.2. The van der Waals surface area contributed by atoms with Crippen molar-refractivity contribution in [3.63, 3.8) is 0 Å². The third-order valence-electron chi connectivity index (χ3n) is 4.84. The van der Waals surface area contributed by atoms with Gasteiger partial charge in [-0.1, -0.05) is 49.4 Å². The molecule has 0 radical (unpaired) electrons. The molecule has 2 unspecified atom stereocenters. The molecular formula is C20H27Cl2N3O. The van der Waals surface area contributed by atoms with Crippen LogP contribution in [0.1, 0.15) is 24.9 Å². The normalized spacial score (nSPS) is 15.7. The Morgan fingerprint density at radius 1 is 0.962 bits per heavy atom. The molecule has 0 spiro atoms. The van der Waals surface area contributed by atoms with Gasteiger partial charge in [0.05, 0.1) is 17.3 Å². The standard InChI is InChI=1S/C20H25N3O.2ClH/c1-15(19(21)16-9-4-3-5-10-16)20(24)23-14-8-13-22(2)17-11-6-7-12-18(17)23;;/h3-7,9-12,15,19H,8,13-14,21H2,1-2H3;2*1H. The zero-order chi connectivity index (χ0) is 17.1. The van der Waals surface area contributed by atoms with E-state index in [0.29, 0.717) is 0 Å². The summed E-state index contributed by atoms with van der Waals surface area (Å²) in [6.07, 6.45) is 0.949. The molecule has 1 aliphatic rings. The molecule has 1 amide bonds. The molecule has 4 nitrogen and oxygen atoms in total. The van der Waals surface area contributed by atoms with Crippen LogP contribution in [0.15, 0.2) is 54.6 Å². The fourth-order valence-electron chi connectivity index (χ4n) is 3.31. The molecule has 3 rings (SSSR count). The van der Waals surface area contributed by atoms with E-state index in [1.807, 2.05) is 60.4 Å². The molecule has 0 aromatic heterocycles. The molecule has 0 saturated heterocycles. The number of anilines is 2. The highest BCUT2D eigenvalue weighted by Crippen LogP contribution is 2.33. The number of nitrogens with zero attached hydrogens (tertiary/aromatic N) is 2. The summed E-state index contributed by atoms with van der Waals surface area (Å²) in [7, 11) is 2.08. The fraction of sp³-hybridized carbons (Fsp3) is 0.350. The predicted molar refractivity (Wildman–Crippen MR) is 114 cm³/mol. The van der Waals surface area contributed by atoms with Crippen molar-refractivity contribution in [3.8, 4) is 0 Å². The topological polar surface area (TPSA) is 49.6 Å². The second-order valence-electron chi connectivity index (χ2n) is 6.48.